The number of rotatable bonds is 1. The number of carbonyl (C=O) groups is 1. The molecule has 2 aromatic rings. The van der Waals surface area contributed by atoms with Gasteiger partial charge in [0.25, 0.3) is 5.24 Å². The zero-order chi connectivity index (χ0) is 12.4. The van der Waals surface area contributed by atoms with E-state index in [4.69, 9.17) is 11.6 Å². The summed E-state index contributed by atoms with van der Waals surface area (Å²) in [6.45, 7) is 0. The standard InChI is InChI=1S/C12H11ClN2OS/c1-15(2)12(16)17-9-5-3-4-8-6-7-10(13)14-11(8)9/h3-7H,1-2H3. The van der Waals surface area contributed by atoms with Crippen LogP contribution in [0.1, 0.15) is 0 Å². The molecule has 0 aliphatic carbocycles. The lowest BCUT2D eigenvalue weighted by Gasteiger charge is -2.10. The number of para-hydroxylation sites is 1. The van der Waals surface area contributed by atoms with E-state index in [-0.39, 0.29) is 5.24 Å². The van der Waals surface area contributed by atoms with Crippen LogP contribution in [0.4, 0.5) is 4.79 Å². The maximum atomic E-state index is 11.7. The van der Waals surface area contributed by atoms with Gasteiger partial charge in [-0.15, -0.1) is 0 Å². The van der Waals surface area contributed by atoms with Gasteiger partial charge in [-0.1, -0.05) is 23.7 Å². The summed E-state index contributed by atoms with van der Waals surface area (Å²) in [6, 6.07) is 9.37. The average Bonchev–Trinajstić information content (AvgIpc) is 2.29. The largest absolute Gasteiger partial charge is 0.339 e. The molecular weight excluding hydrogens is 256 g/mol. The molecule has 0 fully saturated rings. The van der Waals surface area contributed by atoms with Gasteiger partial charge in [0, 0.05) is 24.4 Å². The maximum Gasteiger partial charge on any atom is 0.286 e. The molecule has 0 saturated heterocycles. The molecule has 0 bridgehead atoms. The number of hydrogen-bond donors (Lipinski definition) is 0. The van der Waals surface area contributed by atoms with Crippen molar-refractivity contribution in [1.29, 1.82) is 0 Å². The number of hydrogen-bond acceptors (Lipinski definition) is 3. The van der Waals surface area contributed by atoms with Gasteiger partial charge in [0.2, 0.25) is 0 Å². The molecule has 1 aromatic heterocycles. The van der Waals surface area contributed by atoms with Gasteiger partial charge in [-0.2, -0.15) is 0 Å². The molecular formula is C12H11ClN2OS. The van der Waals surface area contributed by atoms with Gasteiger partial charge >= 0.3 is 0 Å². The van der Waals surface area contributed by atoms with Crippen molar-refractivity contribution in [3.63, 3.8) is 0 Å². The van der Waals surface area contributed by atoms with Gasteiger partial charge in [-0.3, -0.25) is 4.79 Å². The summed E-state index contributed by atoms with van der Waals surface area (Å²) >= 11 is 7.03. The van der Waals surface area contributed by atoms with Gasteiger partial charge in [0.05, 0.1) is 5.52 Å². The normalized spacial score (nSPS) is 10.5. The fourth-order valence-corrected chi connectivity index (χ4v) is 2.29. The Bertz CT molecular complexity index is 571. The summed E-state index contributed by atoms with van der Waals surface area (Å²) in [6.07, 6.45) is 0. The van der Waals surface area contributed by atoms with E-state index in [2.05, 4.69) is 4.98 Å². The van der Waals surface area contributed by atoms with Crippen LogP contribution >= 0.6 is 23.4 Å². The molecule has 2 rings (SSSR count). The first-order valence-electron chi connectivity index (χ1n) is 5.02. The number of amides is 1. The Morgan fingerprint density at radius 1 is 1.29 bits per heavy atom. The number of nitrogens with zero attached hydrogens (tertiary/aromatic N) is 2. The molecule has 0 radical (unpaired) electrons. The third-order valence-corrected chi connectivity index (χ3v) is 3.51. The summed E-state index contributed by atoms with van der Waals surface area (Å²) in [5, 5.41) is 1.38. The number of halogens is 1. The predicted molar refractivity (Wildman–Crippen MR) is 71.7 cm³/mol. The SMILES string of the molecule is CN(C)C(=O)Sc1cccc2ccc(Cl)nc12. The third kappa shape index (κ3) is 2.70. The summed E-state index contributed by atoms with van der Waals surface area (Å²) in [7, 11) is 3.45. The molecule has 88 valence electrons. The van der Waals surface area contributed by atoms with Crippen LogP contribution in [0.3, 0.4) is 0 Å². The van der Waals surface area contributed by atoms with E-state index in [1.807, 2.05) is 24.3 Å². The van der Waals surface area contributed by atoms with Crippen LogP contribution in [0.5, 0.6) is 0 Å². The van der Waals surface area contributed by atoms with E-state index in [1.54, 1.807) is 20.2 Å². The summed E-state index contributed by atoms with van der Waals surface area (Å²) in [5.41, 5.74) is 0.764. The Kier molecular flexibility index (Phi) is 3.54. The van der Waals surface area contributed by atoms with Crippen molar-refractivity contribution in [3.8, 4) is 0 Å². The quantitative estimate of drug-likeness (QED) is 0.583. The van der Waals surface area contributed by atoms with Crippen molar-refractivity contribution in [1.82, 2.24) is 9.88 Å². The van der Waals surface area contributed by atoms with Crippen LogP contribution in [0.25, 0.3) is 10.9 Å². The number of carbonyl (C=O) groups excluding carboxylic acids is 1. The van der Waals surface area contributed by atoms with E-state index >= 15 is 0 Å². The fraction of sp³-hybridized carbons (Fsp3) is 0.167. The zero-order valence-corrected chi connectivity index (χ0v) is 11.0. The first-order chi connectivity index (χ1) is 8.08. The lowest BCUT2D eigenvalue weighted by Crippen LogP contribution is -2.16. The molecule has 3 nitrogen and oxygen atoms in total. The Labute approximate surface area is 109 Å². The highest BCUT2D eigenvalue weighted by atomic mass is 35.5. The summed E-state index contributed by atoms with van der Waals surface area (Å²) in [5.74, 6) is 0. The van der Waals surface area contributed by atoms with E-state index in [1.165, 1.54) is 4.90 Å². The highest BCUT2D eigenvalue weighted by Gasteiger charge is 2.10. The van der Waals surface area contributed by atoms with Crippen LogP contribution < -0.4 is 0 Å². The number of thioether (sulfide) groups is 1. The van der Waals surface area contributed by atoms with Crippen molar-refractivity contribution in [2.45, 2.75) is 4.90 Å². The molecule has 0 aliphatic heterocycles. The molecule has 1 amide bonds. The van der Waals surface area contributed by atoms with E-state index in [0.717, 1.165) is 27.6 Å². The van der Waals surface area contributed by atoms with Gasteiger partial charge in [-0.25, -0.2) is 4.98 Å². The number of pyridine rings is 1. The topological polar surface area (TPSA) is 33.2 Å². The molecule has 1 heterocycles. The minimum atomic E-state index is -0.0284. The summed E-state index contributed by atoms with van der Waals surface area (Å²) in [4.78, 5) is 18.3. The second kappa shape index (κ2) is 4.94. The second-order valence-electron chi connectivity index (χ2n) is 3.72. The van der Waals surface area contributed by atoms with Crippen molar-refractivity contribution in [3.05, 3.63) is 35.5 Å². The Morgan fingerprint density at radius 3 is 2.76 bits per heavy atom. The highest BCUT2D eigenvalue weighted by Crippen LogP contribution is 2.28. The lowest BCUT2D eigenvalue weighted by atomic mass is 10.2. The smallest absolute Gasteiger partial charge is 0.286 e. The third-order valence-electron chi connectivity index (χ3n) is 2.21. The first kappa shape index (κ1) is 12.2. The molecule has 0 saturated carbocycles. The predicted octanol–water partition coefficient (Wildman–Crippen LogP) is 3.66. The maximum absolute atomic E-state index is 11.7. The van der Waals surface area contributed by atoms with Crippen LogP contribution in [0.2, 0.25) is 5.15 Å². The van der Waals surface area contributed by atoms with E-state index in [0.29, 0.717) is 5.15 Å². The fourth-order valence-electron chi connectivity index (χ4n) is 1.36. The molecule has 1 aromatic carbocycles. The molecule has 17 heavy (non-hydrogen) atoms. The molecule has 0 aliphatic rings. The average molecular weight is 267 g/mol. The van der Waals surface area contributed by atoms with Crippen LogP contribution in [-0.2, 0) is 0 Å². The molecule has 0 N–H and O–H groups in total. The lowest BCUT2D eigenvalue weighted by molar-refractivity contribution is 0.241. The monoisotopic (exact) mass is 266 g/mol. The highest BCUT2D eigenvalue weighted by molar-refractivity contribution is 8.13. The van der Waals surface area contributed by atoms with Gasteiger partial charge < -0.3 is 4.90 Å². The van der Waals surface area contributed by atoms with E-state index in [9.17, 15) is 4.79 Å². The second-order valence-corrected chi connectivity index (χ2v) is 5.10. The number of aromatic nitrogens is 1. The van der Waals surface area contributed by atoms with Gasteiger partial charge in [0.15, 0.2) is 0 Å². The summed E-state index contributed by atoms with van der Waals surface area (Å²) < 4.78 is 0. The van der Waals surface area contributed by atoms with Crippen molar-refractivity contribution < 1.29 is 4.79 Å². The van der Waals surface area contributed by atoms with E-state index < -0.39 is 0 Å². The van der Waals surface area contributed by atoms with Crippen LogP contribution in [0.15, 0.2) is 35.2 Å². The van der Waals surface area contributed by atoms with Gasteiger partial charge in [-0.05, 0) is 30.0 Å². The Morgan fingerprint density at radius 2 is 2.06 bits per heavy atom. The molecule has 0 spiro atoms. The van der Waals surface area contributed by atoms with Crippen molar-refractivity contribution in [2.24, 2.45) is 0 Å². The number of benzene rings is 1. The Hall–Kier alpha value is -1.26. The van der Waals surface area contributed by atoms with Crippen molar-refractivity contribution >= 4 is 39.5 Å². The molecule has 5 heteroatoms. The minimum Gasteiger partial charge on any atom is -0.339 e. The van der Waals surface area contributed by atoms with Crippen molar-refractivity contribution in [2.75, 3.05) is 14.1 Å². The van der Waals surface area contributed by atoms with Gasteiger partial charge in [0.1, 0.15) is 5.15 Å². The zero-order valence-electron chi connectivity index (χ0n) is 9.48. The van der Waals surface area contributed by atoms with Crippen LogP contribution in [-0.4, -0.2) is 29.2 Å². The minimum absolute atomic E-state index is 0.0284. The van der Waals surface area contributed by atoms with Crippen LogP contribution in [0, 0.1) is 0 Å². The first-order valence-corrected chi connectivity index (χ1v) is 6.22. The molecule has 0 atom stereocenters. The Balaban J connectivity index is 2.46. The molecule has 0 unspecified atom stereocenters. The number of fused-ring (bicyclic) bond motifs is 1.